The molecule has 1 rings (SSSR count). The fraction of sp³-hybridized carbons (Fsp3) is 0.833. The van der Waals surface area contributed by atoms with Crippen molar-refractivity contribution in [3.05, 3.63) is 12.7 Å². The number of aliphatic imine (C=N–C) groups is 1. The Morgan fingerprint density at radius 3 is 2.70 bits per heavy atom. The predicted molar refractivity (Wildman–Crippen MR) is 104 cm³/mol. The minimum absolute atomic E-state index is 0.254. The Hall–Kier alpha value is -0.680. The van der Waals surface area contributed by atoms with Crippen LogP contribution in [0.1, 0.15) is 45.4 Å². The molecule has 0 amide bonds. The molecular formula is C18H35N3OS. The van der Waals surface area contributed by atoms with Gasteiger partial charge in [0, 0.05) is 38.1 Å². The fourth-order valence-electron chi connectivity index (χ4n) is 2.78. The molecule has 1 saturated heterocycles. The van der Waals surface area contributed by atoms with Crippen molar-refractivity contribution >= 4 is 17.7 Å². The summed E-state index contributed by atoms with van der Waals surface area (Å²) in [6.07, 6.45) is 11.2. The molecule has 23 heavy (non-hydrogen) atoms. The van der Waals surface area contributed by atoms with Crippen molar-refractivity contribution in [3.63, 3.8) is 0 Å². The van der Waals surface area contributed by atoms with Gasteiger partial charge in [-0.25, -0.2) is 0 Å². The topological polar surface area (TPSA) is 36.9 Å². The number of rotatable bonds is 10. The molecule has 4 nitrogen and oxygen atoms in total. The maximum absolute atomic E-state index is 5.52. The Bertz CT molecular complexity index is 354. The van der Waals surface area contributed by atoms with E-state index < -0.39 is 0 Å². The van der Waals surface area contributed by atoms with Gasteiger partial charge in [-0.3, -0.25) is 4.99 Å². The average molecular weight is 342 g/mol. The molecule has 0 atom stereocenters. The summed E-state index contributed by atoms with van der Waals surface area (Å²) in [4.78, 5) is 7.20. The number of hydrogen-bond donors (Lipinski definition) is 1. The van der Waals surface area contributed by atoms with Crippen LogP contribution < -0.4 is 5.32 Å². The largest absolute Gasteiger partial charge is 0.381 e. The van der Waals surface area contributed by atoms with E-state index in [0.717, 1.165) is 58.1 Å². The maximum Gasteiger partial charge on any atom is 0.193 e. The summed E-state index contributed by atoms with van der Waals surface area (Å²) in [5.41, 5.74) is 0. The lowest BCUT2D eigenvalue weighted by Crippen LogP contribution is -2.42. The lowest BCUT2D eigenvalue weighted by atomic mass is 9.99. The number of allylic oxidation sites excluding steroid dienone is 1. The molecule has 5 heteroatoms. The summed E-state index contributed by atoms with van der Waals surface area (Å²) in [7, 11) is 2.14. The molecule has 0 aromatic carbocycles. The summed E-state index contributed by atoms with van der Waals surface area (Å²) < 4.78 is 5.77. The van der Waals surface area contributed by atoms with Gasteiger partial charge in [0.05, 0.1) is 6.54 Å². The van der Waals surface area contributed by atoms with Gasteiger partial charge >= 0.3 is 0 Å². The Morgan fingerprint density at radius 1 is 1.35 bits per heavy atom. The third-order valence-corrected chi connectivity index (χ3v) is 5.86. The lowest BCUT2D eigenvalue weighted by molar-refractivity contribution is 0.0793. The molecule has 0 aromatic rings. The number of guanidine groups is 1. The minimum atomic E-state index is 0.254. The smallest absolute Gasteiger partial charge is 0.193 e. The second-order valence-electron chi connectivity index (χ2n) is 6.23. The molecule has 0 saturated carbocycles. The van der Waals surface area contributed by atoms with Crippen LogP contribution in [0.3, 0.4) is 0 Å². The van der Waals surface area contributed by atoms with Gasteiger partial charge in [0.1, 0.15) is 0 Å². The first kappa shape index (κ1) is 20.4. The predicted octanol–water partition coefficient (Wildman–Crippen LogP) is 3.54. The molecule has 0 aliphatic carbocycles. The standard InChI is InChI=1S/C18H35N3OS/c1-5-7-8-9-10-13-21(3)17(19-6-2)20-16-18(23-4)11-14-22-15-12-18/h5H,1,6-16H2,2-4H3,(H,19,20). The first-order chi connectivity index (χ1) is 11.2. The van der Waals surface area contributed by atoms with E-state index in [9.17, 15) is 0 Å². The highest BCUT2D eigenvalue weighted by Crippen LogP contribution is 2.34. The second-order valence-corrected chi connectivity index (χ2v) is 7.50. The Balaban J connectivity index is 2.51. The van der Waals surface area contributed by atoms with Crippen LogP contribution in [0.15, 0.2) is 17.6 Å². The van der Waals surface area contributed by atoms with Gasteiger partial charge in [0.2, 0.25) is 0 Å². The van der Waals surface area contributed by atoms with Crippen LogP contribution in [0.2, 0.25) is 0 Å². The fourth-order valence-corrected chi connectivity index (χ4v) is 3.55. The molecule has 1 N–H and O–H groups in total. The molecule has 1 aliphatic rings. The van der Waals surface area contributed by atoms with Gasteiger partial charge in [-0.15, -0.1) is 6.58 Å². The third kappa shape index (κ3) is 7.62. The van der Waals surface area contributed by atoms with Gasteiger partial charge in [-0.2, -0.15) is 11.8 Å². The van der Waals surface area contributed by atoms with Gasteiger partial charge in [-0.05, 0) is 45.3 Å². The van der Waals surface area contributed by atoms with E-state index in [2.05, 4.69) is 37.0 Å². The van der Waals surface area contributed by atoms with Crippen molar-refractivity contribution < 1.29 is 4.74 Å². The van der Waals surface area contributed by atoms with E-state index in [1.54, 1.807) is 0 Å². The molecule has 1 heterocycles. The molecule has 0 aromatic heterocycles. The highest BCUT2D eigenvalue weighted by molar-refractivity contribution is 8.00. The number of nitrogens with one attached hydrogen (secondary N) is 1. The summed E-state index contributed by atoms with van der Waals surface area (Å²) >= 11 is 1.95. The summed E-state index contributed by atoms with van der Waals surface area (Å²) in [5, 5.41) is 3.43. The monoisotopic (exact) mass is 341 g/mol. The van der Waals surface area contributed by atoms with Gasteiger partial charge < -0.3 is 15.0 Å². The molecule has 0 spiro atoms. The third-order valence-electron chi connectivity index (χ3n) is 4.45. The van der Waals surface area contributed by atoms with Crippen LogP contribution in [-0.2, 0) is 4.74 Å². The van der Waals surface area contributed by atoms with Gasteiger partial charge in [0.15, 0.2) is 5.96 Å². The van der Waals surface area contributed by atoms with E-state index in [-0.39, 0.29) is 4.75 Å². The molecule has 0 bridgehead atoms. The van der Waals surface area contributed by atoms with E-state index in [1.807, 2.05) is 17.8 Å². The number of ether oxygens (including phenoxy) is 1. The number of hydrogen-bond acceptors (Lipinski definition) is 3. The molecular weight excluding hydrogens is 306 g/mol. The minimum Gasteiger partial charge on any atom is -0.381 e. The zero-order valence-corrected chi connectivity index (χ0v) is 16.1. The van der Waals surface area contributed by atoms with E-state index in [4.69, 9.17) is 9.73 Å². The van der Waals surface area contributed by atoms with E-state index in [1.165, 1.54) is 19.3 Å². The van der Waals surface area contributed by atoms with Gasteiger partial charge in [0.25, 0.3) is 0 Å². The van der Waals surface area contributed by atoms with E-state index in [0.29, 0.717) is 0 Å². The maximum atomic E-state index is 5.52. The van der Waals surface area contributed by atoms with Crippen LogP contribution in [-0.4, -0.2) is 61.8 Å². The molecule has 134 valence electrons. The van der Waals surface area contributed by atoms with Crippen molar-refractivity contribution in [2.24, 2.45) is 4.99 Å². The van der Waals surface area contributed by atoms with E-state index >= 15 is 0 Å². The average Bonchev–Trinajstić information content (AvgIpc) is 2.59. The molecule has 1 aliphatic heterocycles. The Kier molecular flexibility index (Phi) is 10.4. The van der Waals surface area contributed by atoms with Gasteiger partial charge in [-0.1, -0.05) is 12.5 Å². The van der Waals surface area contributed by atoms with Crippen molar-refractivity contribution in [1.82, 2.24) is 10.2 Å². The second kappa shape index (κ2) is 11.8. The highest BCUT2D eigenvalue weighted by Gasteiger charge is 2.31. The SMILES string of the molecule is C=CCCCCCN(C)C(=NCC1(SC)CCOCC1)NCC. The number of thioether (sulfide) groups is 1. The van der Waals surface area contributed by atoms with Crippen molar-refractivity contribution in [3.8, 4) is 0 Å². The zero-order valence-electron chi connectivity index (χ0n) is 15.3. The Labute approximate surface area is 147 Å². The zero-order chi connectivity index (χ0) is 17.0. The van der Waals surface area contributed by atoms with Crippen molar-refractivity contribution in [2.45, 2.75) is 50.2 Å². The summed E-state index contributed by atoms with van der Waals surface area (Å²) in [6, 6.07) is 0. The first-order valence-corrected chi connectivity index (χ1v) is 10.1. The van der Waals surface area contributed by atoms with Crippen LogP contribution >= 0.6 is 11.8 Å². The molecule has 0 unspecified atom stereocenters. The summed E-state index contributed by atoms with van der Waals surface area (Å²) in [6.45, 7) is 10.5. The highest BCUT2D eigenvalue weighted by atomic mass is 32.2. The van der Waals surface area contributed by atoms with Crippen molar-refractivity contribution in [1.29, 1.82) is 0 Å². The first-order valence-electron chi connectivity index (χ1n) is 8.90. The quantitative estimate of drug-likeness (QED) is 0.285. The number of unbranched alkanes of at least 4 members (excludes halogenated alkanes) is 3. The number of nitrogens with zero attached hydrogens (tertiary/aromatic N) is 2. The van der Waals surface area contributed by atoms with Crippen LogP contribution in [0.4, 0.5) is 0 Å². The molecule has 1 fully saturated rings. The normalized spacial score (nSPS) is 17.8. The summed E-state index contributed by atoms with van der Waals surface area (Å²) in [5.74, 6) is 1.04. The lowest BCUT2D eigenvalue weighted by Gasteiger charge is -2.34. The van der Waals surface area contributed by atoms with Crippen molar-refractivity contribution in [2.75, 3.05) is 46.2 Å². The van der Waals surface area contributed by atoms with Crippen LogP contribution in [0.5, 0.6) is 0 Å². The molecule has 0 radical (unpaired) electrons. The Morgan fingerprint density at radius 2 is 2.09 bits per heavy atom. The van der Waals surface area contributed by atoms with Crippen LogP contribution in [0, 0.1) is 0 Å². The van der Waals surface area contributed by atoms with Crippen LogP contribution in [0.25, 0.3) is 0 Å².